The van der Waals surface area contributed by atoms with E-state index in [1.807, 2.05) is 60.7 Å². The molecule has 1 aliphatic rings. The third kappa shape index (κ3) is 7.50. The second-order valence-corrected chi connectivity index (χ2v) is 17.2. The zero-order valence-corrected chi connectivity index (χ0v) is 37.1. The predicted molar refractivity (Wildman–Crippen MR) is 284 cm³/mol. The number of hydrogen-bond donors (Lipinski definition) is 2. The van der Waals surface area contributed by atoms with Gasteiger partial charge in [-0.2, -0.15) is 0 Å². The van der Waals surface area contributed by atoms with Gasteiger partial charge in [0.25, 0.3) is 0 Å². The lowest BCUT2D eigenvalue weighted by molar-refractivity contribution is 1.18. The molecule has 0 radical (unpaired) electrons. The standard InChI is InChI=1S/C64H44N4/c65-63(48-24-11-4-12-25-48)62(47-22-9-3-10-23-47)64-56-39-49(36-37-50(56)40-58(67-64)46-20-7-2-8-21-46)43-32-34-44(35-33-43)52-41-57(45-18-5-1-6-19-45)66-59(42-52)51-26-17-27-53(38-51)68-60-30-15-13-28-54(60)55-29-14-16-31-61(55)68/h1-42,65,67H/b64-62-,65-63?. The Morgan fingerprint density at radius 3 is 1.56 bits per heavy atom. The lowest BCUT2D eigenvalue weighted by Crippen LogP contribution is -2.20. The number of aromatic nitrogens is 2. The van der Waals surface area contributed by atoms with Gasteiger partial charge >= 0.3 is 0 Å². The zero-order valence-electron chi connectivity index (χ0n) is 37.1. The normalized spacial score (nSPS) is 12.9. The number of allylic oxidation sites excluding steroid dienone is 1. The first-order valence-corrected chi connectivity index (χ1v) is 23.0. The molecule has 0 fully saturated rings. The first kappa shape index (κ1) is 40.4. The Labute approximate surface area is 396 Å². The Morgan fingerprint density at radius 2 is 0.912 bits per heavy atom. The summed E-state index contributed by atoms with van der Waals surface area (Å²) in [6.45, 7) is 0. The van der Waals surface area contributed by atoms with Crippen molar-refractivity contribution in [3.63, 3.8) is 0 Å². The van der Waals surface area contributed by atoms with Gasteiger partial charge in [-0.3, -0.25) is 5.41 Å². The molecule has 68 heavy (non-hydrogen) atoms. The molecule has 0 aliphatic carbocycles. The maximum absolute atomic E-state index is 9.71. The monoisotopic (exact) mass is 868 g/mol. The molecule has 0 saturated heterocycles. The van der Waals surface area contributed by atoms with Gasteiger partial charge < -0.3 is 9.88 Å². The number of para-hydroxylation sites is 2. The Hall–Kier alpha value is -9.12. The van der Waals surface area contributed by atoms with Gasteiger partial charge in [0.05, 0.1) is 33.8 Å². The molecule has 4 nitrogen and oxygen atoms in total. The molecule has 0 atom stereocenters. The fraction of sp³-hybridized carbons (Fsp3) is 0. The summed E-state index contributed by atoms with van der Waals surface area (Å²) >= 11 is 0. The fourth-order valence-corrected chi connectivity index (χ4v) is 9.67. The largest absolute Gasteiger partial charge is 0.354 e. The van der Waals surface area contributed by atoms with E-state index in [1.54, 1.807) is 0 Å². The molecule has 0 unspecified atom stereocenters. The maximum Gasteiger partial charge on any atom is 0.0716 e. The van der Waals surface area contributed by atoms with Crippen LogP contribution in [0.4, 0.5) is 0 Å². The summed E-state index contributed by atoms with van der Waals surface area (Å²) in [5, 5.41) is 16.0. The summed E-state index contributed by atoms with van der Waals surface area (Å²) in [6, 6.07) is 87.2. The fourth-order valence-electron chi connectivity index (χ4n) is 9.67. The van der Waals surface area contributed by atoms with E-state index in [-0.39, 0.29) is 0 Å². The number of nitrogens with zero attached hydrogens (tertiary/aromatic N) is 2. The zero-order chi connectivity index (χ0) is 45.4. The van der Waals surface area contributed by atoms with Crippen molar-refractivity contribution in [2.45, 2.75) is 0 Å². The third-order valence-corrected chi connectivity index (χ3v) is 13.0. The number of fused-ring (bicyclic) bond motifs is 4. The van der Waals surface area contributed by atoms with Crippen LogP contribution in [0.5, 0.6) is 0 Å². The van der Waals surface area contributed by atoms with Crippen LogP contribution in [0.25, 0.3) is 95.3 Å². The highest BCUT2D eigenvalue weighted by molar-refractivity contribution is 6.36. The molecule has 2 aromatic heterocycles. The van der Waals surface area contributed by atoms with Crippen LogP contribution in [0.15, 0.2) is 249 Å². The van der Waals surface area contributed by atoms with Crippen LogP contribution >= 0.6 is 0 Å². The first-order chi connectivity index (χ1) is 33.6. The van der Waals surface area contributed by atoms with Crippen molar-refractivity contribution >= 4 is 50.6 Å². The molecule has 0 bridgehead atoms. The summed E-state index contributed by atoms with van der Waals surface area (Å²) < 4.78 is 2.36. The van der Waals surface area contributed by atoms with E-state index in [0.29, 0.717) is 5.71 Å². The minimum Gasteiger partial charge on any atom is -0.354 e. The maximum atomic E-state index is 9.71. The van der Waals surface area contributed by atoms with Gasteiger partial charge in [0, 0.05) is 50.0 Å². The van der Waals surface area contributed by atoms with Crippen molar-refractivity contribution in [2.24, 2.45) is 0 Å². The number of pyridine rings is 1. The van der Waals surface area contributed by atoms with E-state index < -0.39 is 0 Å². The molecule has 11 aromatic rings. The van der Waals surface area contributed by atoms with E-state index in [2.05, 4.69) is 204 Å². The van der Waals surface area contributed by atoms with Gasteiger partial charge in [-0.05, 0) is 87.5 Å². The molecule has 0 spiro atoms. The Bertz CT molecular complexity index is 3680. The molecule has 1 aliphatic heterocycles. The molecular weight excluding hydrogens is 825 g/mol. The van der Waals surface area contributed by atoms with Crippen molar-refractivity contribution in [1.82, 2.24) is 14.9 Å². The van der Waals surface area contributed by atoms with E-state index in [4.69, 9.17) is 4.98 Å². The Balaban J connectivity index is 0.957. The number of rotatable bonds is 9. The van der Waals surface area contributed by atoms with E-state index in [9.17, 15) is 5.41 Å². The van der Waals surface area contributed by atoms with Crippen LogP contribution in [0, 0.1) is 5.41 Å². The van der Waals surface area contributed by atoms with Gasteiger partial charge in [-0.15, -0.1) is 0 Å². The molecule has 9 aromatic carbocycles. The summed E-state index contributed by atoms with van der Waals surface area (Å²) in [5.74, 6) is 0. The van der Waals surface area contributed by atoms with Crippen molar-refractivity contribution < 1.29 is 0 Å². The van der Waals surface area contributed by atoms with Gasteiger partial charge in [-0.25, -0.2) is 4.98 Å². The van der Waals surface area contributed by atoms with Crippen LogP contribution in [-0.4, -0.2) is 15.3 Å². The summed E-state index contributed by atoms with van der Waals surface area (Å²) in [5.41, 5.74) is 20.0. The molecule has 320 valence electrons. The van der Waals surface area contributed by atoms with Crippen LogP contribution < -0.4 is 5.32 Å². The first-order valence-electron chi connectivity index (χ1n) is 23.0. The lowest BCUT2D eigenvalue weighted by Gasteiger charge is -2.27. The molecule has 4 heteroatoms. The smallest absolute Gasteiger partial charge is 0.0716 e. The summed E-state index contributed by atoms with van der Waals surface area (Å²) in [4.78, 5) is 5.31. The predicted octanol–water partition coefficient (Wildman–Crippen LogP) is 15.9. The van der Waals surface area contributed by atoms with E-state index in [1.165, 1.54) is 21.8 Å². The van der Waals surface area contributed by atoms with Crippen LogP contribution in [0.2, 0.25) is 0 Å². The molecule has 0 amide bonds. The second kappa shape index (κ2) is 17.4. The van der Waals surface area contributed by atoms with E-state index >= 15 is 0 Å². The quantitative estimate of drug-likeness (QED) is 0.142. The highest BCUT2D eigenvalue weighted by Crippen LogP contribution is 2.40. The van der Waals surface area contributed by atoms with Crippen LogP contribution in [0.3, 0.4) is 0 Å². The average molecular weight is 869 g/mol. The highest BCUT2D eigenvalue weighted by atomic mass is 15.0. The molecular formula is C64H44N4. The van der Waals surface area contributed by atoms with E-state index in [0.717, 1.165) is 95.2 Å². The highest BCUT2D eigenvalue weighted by Gasteiger charge is 2.24. The Kier molecular flexibility index (Phi) is 10.3. The van der Waals surface area contributed by atoms with Gasteiger partial charge in [-0.1, -0.05) is 206 Å². The lowest BCUT2D eigenvalue weighted by atomic mass is 9.86. The van der Waals surface area contributed by atoms with Crippen molar-refractivity contribution in [3.8, 4) is 50.5 Å². The average Bonchev–Trinajstić information content (AvgIpc) is 3.76. The SMILES string of the molecule is N=C(/C(=C1\NC(c2ccccc2)=Cc2ccc(-c3ccc(-c4cc(-c5ccccc5)nc(-c5cccc(-n6c7ccccc7c7ccccc76)c5)c4)cc3)cc21)c1ccccc1)c1ccccc1. The topological polar surface area (TPSA) is 53.7 Å². The molecule has 3 heterocycles. The number of benzene rings is 9. The van der Waals surface area contributed by atoms with Gasteiger partial charge in [0.15, 0.2) is 0 Å². The number of nitrogens with one attached hydrogen (secondary N) is 2. The summed E-state index contributed by atoms with van der Waals surface area (Å²) in [6.07, 6.45) is 2.22. The number of hydrogen-bond acceptors (Lipinski definition) is 3. The van der Waals surface area contributed by atoms with Gasteiger partial charge in [0.2, 0.25) is 0 Å². The molecule has 12 rings (SSSR count). The molecule has 0 saturated carbocycles. The van der Waals surface area contributed by atoms with Crippen molar-refractivity contribution in [1.29, 1.82) is 5.41 Å². The minimum absolute atomic E-state index is 0.458. The minimum atomic E-state index is 0.458. The van der Waals surface area contributed by atoms with Gasteiger partial charge in [0.1, 0.15) is 0 Å². The van der Waals surface area contributed by atoms with Crippen LogP contribution in [0.1, 0.15) is 27.8 Å². The summed E-state index contributed by atoms with van der Waals surface area (Å²) in [7, 11) is 0. The van der Waals surface area contributed by atoms with Crippen molar-refractivity contribution in [2.75, 3.05) is 0 Å². The van der Waals surface area contributed by atoms with Crippen molar-refractivity contribution in [3.05, 3.63) is 277 Å². The Morgan fingerprint density at radius 1 is 0.397 bits per heavy atom. The second-order valence-electron chi connectivity index (χ2n) is 17.2. The third-order valence-electron chi connectivity index (χ3n) is 13.0. The van der Waals surface area contributed by atoms with Crippen LogP contribution in [-0.2, 0) is 0 Å². The molecule has 2 N–H and O–H groups in total.